The number of rotatable bonds is 6. The molecule has 0 bridgehead atoms. The Hall–Kier alpha value is -3.02. The molecule has 0 atom stereocenters. The smallest absolute Gasteiger partial charge is 0.270 e. The second-order valence-corrected chi connectivity index (χ2v) is 6.11. The molecular formula is C19H21N3O3. The van der Waals surface area contributed by atoms with E-state index < -0.39 is 0 Å². The maximum absolute atomic E-state index is 12.6. The van der Waals surface area contributed by atoms with Gasteiger partial charge < -0.3 is 14.5 Å². The lowest BCUT2D eigenvalue weighted by Crippen LogP contribution is -2.29. The predicted molar refractivity (Wildman–Crippen MR) is 95.0 cm³/mol. The molecule has 0 spiro atoms. The van der Waals surface area contributed by atoms with E-state index >= 15 is 0 Å². The first kappa shape index (κ1) is 16.8. The monoisotopic (exact) mass is 339 g/mol. The van der Waals surface area contributed by atoms with Gasteiger partial charge in [-0.25, -0.2) is 4.68 Å². The van der Waals surface area contributed by atoms with E-state index in [0.29, 0.717) is 29.6 Å². The molecule has 2 heterocycles. The number of nitrogens with one attached hydrogen (secondary N) is 1. The average molecular weight is 339 g/mol. The van der Waals surface area contributed by atoms with Gasteiger partial charge in [-0.1, -0.05) is 13.8 Å². The molecule has 1 amide bonds. The number of hydrogen-bond donors (Lipinski definition) is 1. The van der Waals surface area contributed by atoms with Gasteiger partial charge in [0.2, 0.25) is 0 Å². The van der Waals surface area contributed by atoms with Crippen molar-refractivity contribution in [1.29, 1.82) is 0 Å². The molecule has 1 aromatic carbocycles. The van der Waals surface area contributed by atoms with E-state index in [9.17, 15) is 4.79 Å². The number of furan rings is 1. The summed E-state index contributed by atoms with van der Waals surface area (Å²) in [4.78, 5) is 12.6. The number of amides is 1. The molecule has 0 aliphatic heterocycles. The van der Waals surface area contributed by atoms with E-state index in [2.05, 4.69) is 24.3 Å². The van der Waals surface area contributed by atoms with Gasteiger partial charge in [0.1, 0.15) is 17.1 Å². The molecule has 0 saturated heterocycles. The van der Waals surface area contributed by atoms with E-state index in [-0.39, 0.29) is 5.91 Å². The minimum atomic E-state index is -0.171. The molecule has 0 radical (unpaired) electrons. The van der Waals surface area contributed by atoms with Gasteiger partial charge in [0.05, 0.1) is 19.1 Å². The average Bonchev–Trinajstić information content (AvgIpc) is 3.29. The van der Waals surface area contributed by atoms with Gasteiger partial charge in [-0.3, -0.25) is 4.79 Å². The summed E-state index contributed by atoms with van der Waals surface area (Å²) in [6.45, 7) is 4.70. The molecule has 6 heteroatoms. The predicted octanol–water partition coefficient (Wildman–Crippen LogP) is 3.53. The van der Waals surface area contributed by atoms with Gasteiger partial charge in [-0.15, -0.1) is 0 Å². The lowest BCUT2D eigenvalue weighted by Gasteiger charge is -2.10. The Morgan fingerprint density at radius 2 is 2.04 bits per heavy atom. The van der Waals surface area contributed by atoms with E-state index in [4.69, 9.17) is 9.15 Å². The highest BCUT2D eigenvalue weighted by Crippen LogP contribution is 2.23. The molecule has 1 N–H and O–H groups in total. The van der Waals surface area contributed by atoms with Crippen molar-refractivity contribution in [2.75, 3.05) is 13.7 Å². The van der Waals surface area contributed by atoms with Crippen LogP contribution in [0.15, 0.2) is 53.1 Å². The zero-order chi connectivity index (χ0) is 17.8. The summed E-state index contributed by atoms with van der Waals surface area (Å²) in [7, 11) is 1.61. The summed E-state index contributed by atoms with van der Waals surface area (Å²) in [5.74, 6) is 1.55. The summed E-state index contributed by atoms with van der Waals surface area (Å²) in [5.41, 5.74) is 1.83. The van der Waals surface area contributed by atoms with E-state index in [1.54, 1.807) is 30.2 Å². The third kappa shape index (κ3) is 3.74. The number of aromatic nitrogens is 2. The number of methoxy groups -OCH3 is 1. The first-order chi connectivity index (χ1) is 12.1. The van der Waals surface area contributed by atoms with Crippen LogP contribution in [0.4, 0.5) is 0 Å². The maximum Gasteiger partial charge on any atom is 0.270 e. The lowest BCUT2D eigenvalue weighted by atomic mass is 10.2. The van der Waals surface area contributed by atoms with Crippen molar-refractivity contribution in [2.24, 2.45) is 5.92 Å². The number of carbonyl (C=O) groups is 1. The van der Waals surface area contributed by atoms with Crippen molar-refractivity contribution in [3.63, 3.8) is 0 Å². The van der Waals surface area contributed by atoms with Crippen LogP contribution in [-0.4, -0.2) is 29.3 Å². The van der Waals surface area contributed by atoms with Crippen molar-refractivity contribution < 1.29 is 13.9 Å². The molecule has 3 rings (SSSR count). The SMILES string of the molecule is COc1ccc(-n2nc(-c3ccco3)cc2C(=O)NCC(C)C)cc1. The Bertz CT molecular complexity index is 833. The molecule has 25 heavy (non-hydrogen) atoms. The van der Waals surface area contributed by atoms with Crippen molar-refractivity contribution >= 4 is 5.91 Å². The third-order valence-electron chi connectivity index (χ3n) is 3.70. The van der Waals surface area contributed by atoms with Crippen molar-refractivity contribution in [2.45, 2.75) is 13.8 Å². The van der Waals surface area contributed by atoms with Gasteiger partial charge >= 0.3 is 0 Å². The zero-order valence-corrected chi connectivity index (χ0v) is 14.5. The first-order valence-corrected chi connectivity index (χ1v) is 8.15. The van der Waals surface area contributed by atoms with Crippen molar-refractivity contribution in [3.8, 4) is 22.9 Å². The van der Waals surface area contributed by atoms with Gasteiger partial charge in [0.25, 0.3) is 5.91 Å². The number of carbonyl (C=O) groups excluding carboxylic acids is 1. The largest absolute Gasteiger partial charge is 0.497 e. The quantitative estimate of drug-likeness (QED) is 0.746. The molecule has 0 aliphatic carbocycles. The molecule has 0 unspecified atom stereocenters. The van der Waals surface area contributed by atoms with Gasteiger partial charge in [0.15, 0.2) is 5.76 Å². The Morgan fingerprint density at radius 3 is 2.64 bits per heavy atom. The van der Waals surface area contributed by atoms with E-state index in [1.807, 2.05) is 30.3 Å². The molecule has 130 valence electrons. The van der Waals surface area contributed by atoms with Crippen LogP contribution >= 0.6 is 0 Å². The van der Waals surface area contributed by atoms with Gasteiger partial charge in [-0.05, 0) is 42.3 Å². The summed E-state index contributed by atoms with van der Waals surface area (Å²) >= 11 is 0. The molecule has 6 nitrogen and oxygen atoms in total. The summed E-state index contributed by atoms with van der Waals surface area (Å²) in [6.07, 6.45) is 1.58. The third-order valence-corrected chi connectivity index (χ3v) is 3.70. The highest BCUT2D eigenvalue weighted by atomic mass is 16.5. The van der Waals surface area contributed by atoms with E-state index in [0.717, 1.165) is 11.4 Å². The van der Waals surface area contributed by atoms with E-state index in [1.165, 1.54) is 0 Å². The highest BCUT2D eigenvalue weighted by molar-refractivity contribution is 5.94. The summed E-state index contributed by atoms with van der Waals surface area (Å²) in [5, 5.41) is 7.48. The second-order valence-electron chi connectivity index (χ2n) is 6.11. The minimum Gasteiger partial charge on any atom is -0.497 e. The Balaban J connectivity index is 2.00. The van der Waals surface area contributed by atoms with Crippen LogP contribution in [0.5, 0.6) is 5.75 Å². The van der Waals surface area contributed by atoms with Crippen LogP contribution < -0.4 is 10.1 Å². The van der Waals surface area contributed by atoms with Crippen LogP contribution in [0.3, 0.4) is 0 Å². The number of benzene rings is 1. The fourth-order valence-corrected chi connectivity index (χ4v) is 2.40. The summed E-state index contributed by atoms with van der Waals surface area (Å²) < 4.78 is 12.2. The topological polar surface area (TPSA) is 69.3 Å². The molecule has 0 saturated carbocycles. The van der Waals surface area contributed by atoms with Crippen LogP contribution in [0.2, 0.25) is 0 Å². The van der Waals surface area contributed by atoms with Crippen LogP contribution in [0.25, 0.3) is 17.1 Å². The van der Waals surface area contributed by atoms with Crippen molar-refractivity contribution in [3.05, 3.63) is 54.4 Å². The molecular weight excluding hydrogens is 318 g/mol. The number of hydrogen-bond acceptors (Lipinski definition) is 4. The lowest BCUT2D eigenvalue weighted by molar-refractivity contribution is 0.0941. The fraction of sp³-hybridized carbons (Fsp3) is 0.263. The molecule has 0 fully saturated rings. The van der Waals surface area contributed by atoms with Crippen LogP contribution in [0, 0.1) is 5.92 Å². The van der Waals surface area contributed by atoms with Crippen LogP contribution in [0.1, 0.15) is 24.3 Å². The zero-order valence-electron chi connectivity index (χ0n) is 14.5. The first-order valence-electron chi connectivity index (χ1n) is 8.15. The fourth-order valence-electron chi connectivity index (χ4n) is 2.40. The maximum atomic E-state index is 12.6. The molecule has 2 aromatic heterocycles. The second kappa shape index (κ2) is 7.25. The Morgan fingerprint density at radius 1 is 1.28 bits per heavy atom. The standard InChI is InChI=1S/C19H21N3O3/c1-13(2)12-20-19(23)17-11-16(18-5-4-10-25-18)21-22(17)14-6-8-15(24-3)9-7-14/h4-11,13H,12H2,1-3H3,(H,20,23). The molecule has 0 aliphatic rings. The highest BCUT2D eigenvalue weighted by Gasteiger charge is 2.18. The van der Waals surface area contributed by atoms with Gasteiger partial charge in [-0.2, -0.15) is 5.10 Å². The normalized spacial score (nSPS) is 10.9. The number of ether oxygens (including phenoxy) is 1. The van der Waals surface area contributed by atoms with Crippen molar-refractivity contribution in [1.82, 2.24) is 15.1 Å². The summed E-state index contributed by atoms with van der Waals surface area (Å²) in [6, 6.07) is 12.7. The molecule has 3 aromatic rings. The number of nitrogens with zero attached hydrogens (tertiary/aromatic N) is 2. The Kier molecular flexibility index (Phi) is 4.88. The van der Waals surface area contributed by atoms with Gasteiger partial charge in [0, 0.05) is 12.6 Å². The Labute approximate surface area is 146 Å². The van der Waals surface area contributed by atoms with Crippen LogP contribution in [-0.2, 0) is 0 Å². The minimum absolute atomic E-state index is 0.171.